The molecule has 1 aromatic rings. The van der Waals surface area contributed by atoms with E-state index in [4.69, 9.17) is 5.73 Å². The topological polar surface area (TPSA) is 35.2 Å². The Kier molecular flexibility index (Phi) is 3.57. The second-order valence-electron chi connectivity index (χ2n) is 3.19. The zero-order valence-electron chi connectivity index (χ0n) is 8.27. The minimum absolute atomic E-state index is 0.164. The lowest BCUT2D eigenvalue weighted by molar-refractivity contribution is -0.274. The highest BCUT2D eigenvalue weighted by molar-refractivity contribution is 5.36. The van der Waals surface area contributed by atoms with Crippen molar-refractivity contribution in [2.24, 2.45) is 5.73 Å². The van der Waals surface area contributed by atoms with E-state index in [0.717, 1.165) is 5.56 Å². The van der Waals surface area contributed by atoms with Crippen LogP contribution in [0.4, 0.5) is 13.2 Å². The quantitative estimate of drug-likeness (QED) is 0.847. The minimum Gasteiger partial charge on any atom is -0.406 e. The van der Waals surface area contributed by atoms with E-state index in [1.54, 1.807) is 19.1 Å². The van der Waals surface area contributed by atoms with E-state index in [1.807, 2.05) is 0 Å². The number of nitrogens with two attached hydrogens (primary N) is 1. The van der Waals surface area contributed by atoms with Gasteiger partial charge in [0.1, 0.15) is 5.75 Å². The Labute approximate surface area is 85.8 Å². The Hall–Kier alpha value is -1.23. The molecule has 0 aliphatic rings. The SMILES string of the molecule is Cc1cc(CCN)ccc1OC(F)(F)F. The number of benzene rings is 1. The van der Waals surface area contributed by atoms with Crippen LogP contribution in [0.3, 0.4) is 0 Å². The molecule has 2 N–H and O–H groups in total. The summed E-state index contributed by atoms with van der Waals surface area (Å²) in [5.41, 5.74) is 6.70. The summed E-state index contributed by atoms with van der Waals surface area (Å²) in [7, 11) is 0. The Balaban J connectivity index is 2.84. The molecule has 2 nitrogen and oxygen atoms in total. The maximum atomic E-state index is 11.9. The predicted molar refractivity (Wildman–Crippen MR) is 50.6 cm³/mol. The molecule has 84 valence electrons. The molecule has 0 bridgehead atoms. The smallest absolute Gasteiger partial charge is 0.406 e. The Morgan fingerprint density at radius 3 is 2.47 bits per heavy atom. The average molecular weight is 219 g/mol. The Bertz CT molecular complexity index is 336. The van der Waals surface area contributed by atoms with E-state index < -0.39 is 6.36 Å². The molecule has 0 fully saturated rings. The van der Waals surface area contributed by atoms with Gasteiger partial charge in [-0.1, -0.05) is 12.1 Å². The van der Waals surface area contributed by atoms with Gasteiger partial charge in [0.15, 0.2) is 0 Å². The highest BCUT2D eigenvalue weighted by Gasteiger charge is 2.31. The summed E-state index contributed by atoms with van der Waals surface area (Å²) in [6.45, 7) is 2.04. The van der Waals surface area contributed by atoms with Gasteiger partial charge in [-0.05, 0) is 37.1 Å². The van der Waals surface area contributed by atoms with Gasteiger partial charge < -0.3 is 10.5 Å². The first-order valence-electron chi connectivity index (χ1n) is 4.48. The number of alkyl halides is 3. The van der Waals surface area contributed by atoms with Crippen molar-refractivity contribution in [3.8, 4) is 5.75 Å². The molecule has 0 aliphatic carbocycles. The number of halogens is 3. The van der Waals surface area contributed by atoms with Crippen molar-refractivity contribution in [1.82, 2.24) is 0 Å². The van der Waals surface area contributed by atoms with E-state index in [0.29, 0.717) is 18.5 Å². The lowest BCUT2D eigenvalue weighted by Gasteiger charge is -2.12. The first kappa shape index (κ1) is 11.8. The van der Waals surface area contributed by atoms with Crippen molar-refractivity contribution in [2.75, 3.05) is 6.54 Å². The number of ether oxygens (including phenoxy) is 1. The molecule has 0 atom stereocenters. The maximum Gasteiger partial charge on any atom is 0.573 e. The fourth-order valence-electron chi connectivity index (χ4n) is 1.27. The highest BCUT2D eigenvalue weighted by Crippen LogP contribution is 2.26. The van der Waals surface area contributed by atoms with Gasteiger partial charge in [0.2, 0.25) is 0 Å². The first-order valence-corrected chi connectivity index (χ1v) is 4.48. The molecule has 0 spiro atoms. The Morgan fingerprint density at radius 2 is 2.00 bits per heavy atom. The van der Waals surface area contributed by atoms with Crippen molar-refractivity contribution in [3.05, 3.63) is 29.3 Å². The number of hydrogen-bond donors (Lipinski definition) is 1. The molecule has 1 aromatic carbocycles. The molecule has 5 heteroatoms. The van der Waals surface area contributed by atoms with Crippen molar-refractivity contribution in [3.63, 3.8) is 0 Å². The second kappa shape index (κ2) is 4.53. The molecule has 1 rings (SSSR count). The van der Waals surface area contributed by atoms with E-state index in [-0.39, 0.29) is 5.75 Å². The van der Waals surface area contributed by atoms with Gasteiger partial charge in [-0.25, -0.2) is 0 Å². The average Bonchev–Trinajstić information content (AvgIpc) is 2.08. The third-order valence-electron chi connectivity index (χ3n) is 1.90. The summed E-state index contributed by atoms with van der Waals surface area (Å²) in [4.78, 5) is 0. The summed E-state index contributed by atoms with van der Waals surface area (Å²) >= 11 is 0. The van der Waals surface area contributed by atoms with Crippen LogP contribution in [-0.2, 0) is 6.42 Å². The summed E-state index contributed by atoms with van der Waals surface area (Å²) in [5.74, 6) is -0.164. The lowest BCUT2D eigenvalue weighted by Crippen LogP contribution is -2.17. The third-order valence-corrected chi connectivity index (χ3v) is 1.90. The van der Waals surface area contributed by atoms with Crippen LogP contribution in [0.1, 0.15) is 11.1 Å². The monoisotopic (exact) mass is 219 g/mol. The molecule has 0 aromatic heterocycles. The zero-order valence-corrected chi connectivity index (χ0v) is 8.27. The van der Waals surface area contributed by atoms with E-state index in [2.05, 4.69) is 4.74 Å². The fourth-order valence-corrected chi connectivity index (χ4v) is 1.27. The van der Waals surface area contributed by atoms with Crippen LogP contribution in [0.25, 0.3) is 0 Å². The van der Waals surface area contributed by atoms with Gasteiger partial charge in [0.05, 0.1) is 0 Å². The van der Waals surface area contributed by atoms with Crippen LogP contribution >= 0.6 is 0 Å². The van der Waals surface area contributed by atoms with Crippen LogP contribution in [0.5, 0.6) is 5.75 Å². The number of aryl methyl sites for hydroxylation is 1. The van der Waals surface area contributed by atoms with Gasteiger partial charge in [0.25, 0.3) is 0 Å². The van der Waals surface area contributed by atoms with Gasteiger partial charge >= 0.3 is 6.36 Å². The highest BCUT2D eigenvalue weighted by atomic mass is 19.4. The number of rotatable bonds is 3. The molecule has 0 saturated heterocycles. The molecule has 0 unspecified atom stereocenters. The second-order valence-corrected chi connectivity index (χ2v) is 3.19. The van der Waals surface area contributed by atoms with Crippen LogP contribution < -0.4 is 10.5 Å². The lowest BCUT2D eigenvalue weighted by atomic mass is 10.1. The molecular formula is C10H12F3NO. The summed E-state index contributed by atoms with van der Waals surface area (Å²) < 4.78 is 39.6. The first-order chi connectivity index (χ1) is 6.92. The van der Waals surface area contributed by atoms with Gasteiger partial charge in [-0.2, -0.15) is 0 Å². The van der Waals surface area contributed by atoms with E-state index in [9.17, 15) is 13.2 Å². The summed E-state index contributed by atoms with van der Waals surface area (Å²) in [5, 5.41) is 0. The molecule has 0 saturated carbocycles. The largest absolute Gasteiger partial charge is 0.573 e. The molecular weight excluding hydrogens is 207 g/mol. The Morgan fingerprint density at radius 1 is 1.33 bits per heavy atom. The van der Waals surface area contributed by atoms with Gasteiger partial charge in [-0.15, -0.1) is 13.2 Å². The summed E-state index contributed by atoms with van der Waals surface area (Å²) in [6, 6.07) is 4.54. The van der Waals surface area contributed by atoms with E-state index in [1.165, 1.54) is 6.07 Å². The molecule has 0 aliphatic heterocycles. The van der Waals surface area contributed by atoms with Crippen molar-refractivity contribution in [2.45, 2.75) is 19.7 Å². The van der Waals surface area contributed by atoms with E-state index >= 15 is 0 Å². The van der Waals surface area contributed by atoms with Crippen LogP contribution in [0.2, 0.25) is 0 Å². The standard InChI is InChI=1S/C10H12F3NO/c1-7-6-8(4-5-14)2-3-9(7)15-10(11,12)13/h2-3,6H,4-5,14H2,1H3. The van der Waals surface area contributed by atoms with Crippen molar-refractivity contribution >= 4 is 0 Å². The predicted octanol–water partition coefficient (Wildman–Crippen LogP) is 2.39. The molecule has 0 amide bonds. The summed E-state index contributed by atoms with van der Waals surface area (Å²) in [6.07, 6.45) is -3.99. The van der Waals surface area contributed by atoms with Crippen molar-refractivity contribution in [1.29, 1.82) is 0 Å². The van der Waals surface area contributed by atoms with Crippen LogP contribution in [0, 0.1) is 6.92 Å². The molecule has 0 heterocycles. The number of hydrogen-bond acceptors (Lipinski definition) is 2. The third kappa shape index (κ3) is 3.79. The van der Waals surface area contributed by atoms with Crippen molar-refractivity contribution < 1.29 is 17.9 Å². The fraction of sp³-hybridized carbons (Fsp3) is 0.400. The van der Waals surface area contributed by atoms with Gasteiger partial charge in [-0.3, -0.25) is 0 Å². The molecule has 0 radical (unpaired) electrons. The normalized spacial score (nSPS) is 11.5. The van der Waals surface area contributed by atoms with Crippen LogP contribution in [-0.4, -0.2) is 12.9 Å². The van der Waals surface area contributed by atoms with Crippen LogP contribution in [0.15, 0.2) is 18.2 Å². The molecule has 15 heavy (non-hydrogen) atoms. The minimum atomic E-state index is -4.64. The van der Waals surface area contributed by atoms with Gasteiger partial charge in [0, 0.05) is 0 Å². The zero-order chi connectivity index (χ0) is 11.5. The maximum absolute atomic E-state index is 11.9.